The Morgan fingerprint density at radius 3 is 2.08 bits per heavy atom. The number of benzene rings is 1. The van der Waals surface area contributed by atoms with Gasteiger partial charge >= 0.3 is 0 Å². The molecule has 0 amide bonds. The summed E-state index contributed by atoms with van der Waals surface area (Å²) in [7, 11) is 0. The molecule has 37 heavy (non-hydrogen) atoms. The van der Waals surface area contributed by atoms with E-state index >= 15 is 0 Å². The molecule has 1 fully saturated rings. The van der Waals surface area contributed by atoms with E-state index in [9.17, 15) is 5.11 Å². The van der Waals surface area contributed by atoms with Gasteiger partial charge in [-0.25, -0.2) is 0 Å². The molecule has 0 radical (unpaired) electrons. The van der Waals surface area contributed by atoms with Crippen LogP contribution in [0.4, 0.5) is 0 Å². The lowest BCUT2D eigenvalue weighted by atomic mass is 9.83. The zero-order valence-electron chi connectivity index (χ0n) is 25.3. The molecule has 0 bridgehead atoms. The summed E-state index contributed by atoms with van der Waals surface area (Å²) in [5, 5.41) is 11.1. The van der Waals surface area contributed by atoms with Gasteiger partial charge in [-0.15, -0.1) is 0 Å². The Morgan fingerprint density at radius 2 is 1.46 bits per heavy atom. The minimum atomic E-state index is -0.109. The maximum atomic E-state index is 11.1. The van der Waals surface area contributed by atoms with Crippen LogP contribution in [0.3, 0.4) is 0 Å². The number of hydrogen-bond donors (Lipinski definition) is 1. The highest BCUT2D eigenvalue weighted by molar-refractivity contribution is 5.58. The zero-order valence-corrected chi connectivity index (χ0v) is 25.3. The number of rotatable bonds is 14. The first kappa shape index (κ1) is 30.3. The lowest BCUT2D eigenvalue weighted by Crippen LogP contribution is -2.38. The van der Waals surface area contributed by atoms with E-state index in [0.29, 0.717) is 5.75 Å². The second kappa shape index (κ2) is 14.2. The number of nitrogens with zero attached hydrogens (tertiary/aromatic N) is 1. The summed E-state index contributed by atoms with van der Waals surface area (Å²) in [5.74, 6) is 4.03. The van der Waals surface area contributed by atoms with Crippen molar-refractivity contribution in [3.8, 4) is 11.5 Å². The summed E-state index contributed by atoms with van der Waals surface area (Å²) in [6.45, 7) is 20.2. The Hall–Kier alpha value is -1.26. The minimum absolute atomic E-state index is 0.109. The Bertz CT molecular complexity index is 845. The maximum Gasteiger partial charge on any atom is 0.127 e. The number of phenolic OH excluding ortho intramolecular Hbond substituents is 1. The van der Waals surface area contributed by atoms with Crippen molar-refractivity contribution in [3.63, 3.8) is 0 Å². The number of ether oxygens (including phenoxy) is 2. The summed E-state index contributed by atoms with van der Waals surface area (Å²) in [5.41, 5.74) is 4.29. The van der Waals surface area contributed by atoms with Crippen molar-refractivity contribution in [1.82, 2.24) is 4.90 Å². The molecule has 2 aliphatic rings. The van der Waals surface area contributed by atoms with Gasteiger partial charge in [-0.05, 0) is 75.3 Å². The van der Waals surface area contributed by atoms with Gasteiger partial charge in [0.05, 0.1) is 13.2 Å². The van der Waals surface area contributed by atoms with Gasteiger partial charge in [0.15, 0.2) is 0 Å². The van der Waals surface area contributed by atoms with Gasteiger partial charge in [0.1, 0.15) is 17.1 Å². The van der Waals surface area contributed by atoms with E-state index in [-0.39, 0.29) is 5.60 Å². The highest BCUT2D eigenvalue weighted by Gasteiger charge is 2.35. The fourth-order valence-electron chi connectivity index (χ4n) is 6.36. The summed E-state index contributed by atoms with van der Waals surface area (Å²) >= 11 is 0. The van der Waals surface area contributed by atoms with Gasteiger partial charge in [0, 0.05) is 30.8 Å². The SMILES string of the molecule is Cc1c(O)c(CN2CCOCC2)c(C)c2c1CC[C@@](C)(CCC[C@H](C)CCC[C@H](C)CCCC(C)C)O2. The molecule has 3 atom stereocenters. The standard InChI is InChI=1S/C33H57NO3/c1-24(2)11-8-12-25(3)13-9-14-26(4)15-10-17-33(7)18-16-29-27(5)31(35)30(28(6)32(29)37-33)23-34-19-21-36-22-20-34/h24-26,35H,8-23H2,1-7H3/t25-,26-,33-/m1/s1. The van der Waals surface area contributed by atoms with Crippen LogP contribution in [-0.2, 0) is 17.7 Å². The molecule has 1 saturated heterocycles. The molecule has 1 N–H and O–H groups in total. The fraction of sp³-hybridized carbons (Fsp3) is 0.818. The van der Waals surface area contributed by atoms with E-state index in [4.69, 9.17) is 9.47 Å². The van der Waals surface area contributed by atoms with Crippen LogP contribution >= 0.6 is 0 Å². The Labute approximate surface area is 228 Å². The van der Waals surface area contributed by atoms with Crippen LogP contribution < -0.4 is 4.74 Å². The molecule has 2 aliphatic heterocycles. The lowest BCUT2D eigenvalue weighted by Gasteiger charge is -2.39. The molecule has 212 valence electrons. The number of morpholine rings is 1. The van der Waals surface area contributed by atoms with E-state index in [0.717, 1.165) is 92.3 Å². The summed E-state index contributed by atoms with van der Waals surface area (Å²) in [6, 6.07) is 0. The average Bonchev–Trinajstić information content (AvgIpc) is 2.85. The predicted molar refractivity (Wildman–Crippen MR) is 156 cm³/mol. The van der Waals surface area contributed by atoms with E-state index in [1.165, 1.54) is 56.9 Å². The van der Waals surface area contributed by atoms with Crippen LogP contribution in [0.25, 0.3) is 0 Å². The second-order valence-electron chi connectivity index (χ2n) is 13.2. The van der Waals surface area contributed by atoms with Crippen LogP contribution in [0, 0.1) is 31.6 Å². The quantitative estimate of drug-likeness (QED) is 0.270. The van der Waals surface area contributed by atoms with Crippen LogP contribution in [0.15, 0.2) is 0 Å². The number of hydrogen-bond acceptors (Lipinski definition) is 4. The summed E-state index contributed by atoms with van der Waals surface area (Å²) in [6.07, 6.45) is 13.9. The van der Waals surface area contributed by atoms with Gasteiger partial charge in [0.2, 0.25) is 0 Å². The molecule has 4 heteroatoms. The van der Waals surface area contributed by atoms with E-state index in [2.05, 4.69) is 53.4 Å². The minimum Gasteiger partial charge on any atom is -0.507 e. The molecule has 0 unspecified atom stereocenters. The van der Waals surface area contributed by atoms with E-state index in [1.54, 1.807) is 0 Å². The highest BCUT2D eigenvalue weighted by atomic mass is 16.5. The molecule has 0 spiro atoms. The molecule has 0 aromatic heterocycles. The lowest BCUT2D eigenvalue weighted by molar-refractivity contribution is 0.0332. The first-order valence-corrected chi connectivity index (χ1v) is 15.4. The number of phenols is 1. The third kappa shape index (κ3) is 8.88. The van der Waals surface area contributed by atoms with E-state index < -0.39 is 0 Å². The Balaban J connectivity index is 1.48. The van der Waals surface area contributed by atoms with Crippen molar-refractivity contribution in [3.05, 3.63) is 22.3 Å². The van der Waals surface area contributed by atoms with Crippen molar-refractivity contribution in [1.29, 1.82) is 0 Å². The zero-order chi connectivity index (χ0) is 27.0. The molecule has 1 aromatic rings. The van der Waals surface area contributed by atoms with Crippen molar-refractivity contribution >= 4 is 0 Å². The third-order valence-corrected chi connectivity index (χ3v) is 9.17. The number of aromatic hydroxyl groups is 1. The normalized spacial score (nSPS) is 22.1. The maximum absolute atomic E-state index is 11.1. The monoisotopic (exact) mass is 515 g/mol. The summed E-state index contributed by atoms with van der Waals surface area (Å²) < 4.78 is 12.3. The highest BCUT2D eigenvalue weighted by Crippen LogP contribution is 2.45. The Kier molecular flexibility index (Phi) is 11.6. The molecular formula is C33H57NO3. The molecular weight excluding hydrogens is 458 g/mol. The smallest absolute Gasteiger partial charge is 0.127 e. The third-order valence-electron chi connectivity index (χ3n) is 9.17. The summed E-state index contributed by atoms with van der Waals surface area (Å²) in [4.78, 5) is 2.38. The predicted octanol–water partition coefficient (Wildman–Crippen LogP) is 8.36. The van der Waals surface area contributed by atoms with Crippen LogP contribution in [-0.4, -0.2) is 41.9 Å². The molecule has 0 aliphatic carbocycles. The molecule has 3 rings (SSSR count). The van der Waals surface area contributed by atoms with Crippen LogP contribution in [0.5, 0.6) is 11.5 Å². The first-order chi connectivity index (χ1) is 17.6. The van der Waals surface area contributed by atoms with Crippen molar-refractivity contribution in [2.45, 2.75) is 131 Å². The fourth-order valence-corrected chi connectivity index (χ4v) is 6.36. The van der Waals surface area contributed by atoms with Gasteiger partial charge < -0.3 is 14.6 Å². The van der Waals surface area contributed by atoms with Crippen LogP contribution in [0.1, 0.15) is 121 Å². The van der Waals surface area contributed by atoms with Gasteiger partial charge in [0.25, 0.3) is 0 Å². The molecule has 2 heterocycles. The second-order valence-corrected chi connectivity index (χ2v) is 13.2. The topological polar surface area (TPSA) is 41.9 Å². The van der Waals surface area contributed by atoms with Crippen molar-refractivity contribution < 1.29 is 14.6 Å². The Morgan fingerprint density at radius 1 is 0.865 bits per heavy atom. The largest absolute Gasteiger partial charge is 0.507 e. The molecule has 4 nitrogen and oxygen atoms in total. The van der Waals surface area contributed by atoms with E-state index in [1.807, 2.05) is 0 Å². The number of fused-ring (bicyclic) bond motifs is 1. The molecule has 1 aromatic carbocycles. The molecule has 0 saturated carbocycles. The van der Waals surface area contributed by atoms with Crippen LogP contribution in [0.2, 0.25) is 0 Å². The van der Waals surface area contributed by atoms with Crippen molar-refractivity contribution in [2.75, 3.05) is 26.3 Å². The van der Waals surface area contributed by atoms with Crippen molar-refractivity contribution in [2.24, 2.45) is 17.8 Å². The van der Waals surface area contributed by atoms with Gasteiger partial charge in [-0.1, -0.05) is 72.6 Å². The van der Waals surface area contributed by atoms with Gasteiger partial charge in [-0.3, -0.25) is 4.90 Å². The first-order valence-electron chi connectivity index (χ1n) is 15.4. The van der Waals surface area contributed by atoms with Gasteiger partial charge in [-0.2, -0.15) is 0 Å². The average molecular weight is 516 g/mol.